The lowest BCUT2D eigenvalue weighted by Gasteiger charge is -2.44. The Morgan fingerprint density at radius 1 is 1.00 bits per heavy atom. The number of carbonyl (C=O) groups excluding carboxylic acids is 2. The number of nitrogens with one attached hydrogen (secondary N) is 1. The zero-order valence-electron chi connectivity index (χ0n) is 18.8. The molecule has 2 aromatic carbocycles. The highest BCUT2D eigenvalue weighted by molar-refractivity contribution is 5.86. The van der Waals surface area contributed by atoms with Gasteiger partial charge in [-0.25, -0.2) is 9.59 Å². The minimum Gasteiger partial charge on any atom is -0.479 e. The number of fused-ring (bicyclic) bond motifs is 3. The van der Waals surface area contributed by atoms with Gasteiger partial charge in [-0.3, -0.25) is 4.79 Å². The van der Waals surface area contributed by atoms with E-state index < -0.39 is 17.7 Å². The number of rotatable bonds is 6. The van der Waals surface area contributed by atoms with Gasteiger partial charge in [0.2, 0.25) is 5.91 Å². The molecule has 1 heterocycles. The number of hydrogen-bond donors (Lipinski definition) is 3. The number of ether oxygens (including phenoxy) is 1. The second kappa shape index (κ2) is 8.76. The van der Waals surface area contributed by atoms with Crippen LogP contribution < -0.4 is 5.32 Å². The number of carboxylic acids is 1. The van der Waals surface area contributed by atoms with E-state index in [2.05, 4.69) is 29.6 Å². The molecule has 2 aliphatic carbocycles. The lowest BCUT2D eigenvalue weighted by atomic mass is 9.89. The molecule has 0 spiro atoms. The summed E-state index contributed by atoms with van der Waals surface area (Å²) in [6, 6.07) is 16.3. The Morgan fingerprint density at radius 2 is 1.62 bits per heavy atom. The number of carbonyl (C=O) groups is 3. The van der Waals surface area contributed by atoms with Crippen molar-refractivity contribution >= 4 is 18.0 Å². The van der Waals surface area contributed by atoms with E-state index in [1.807, 2.05) is 24.3 Å². The van der Waals surface area contributed by atoms with Gasteiger partial charge < -0.3 is 25.2 Å². The van der Waals surface area contributed by atoms with Crippen LogP contribution in [0.25, 0.3) is 11.1 Å². The Labute approximate surface area is 197 Å². The number of alkyl carbamates (subject to hydrolysis) is 1. The minimum atomic E-state index is -1.84. The fraction of sp³-hybridized carbons (Fsp3) is 0.423. The first-order valence-corrected chi connectivity index (χ1v) is 11.7. The first-order valence-electron chi connectivity index (χ1n) is 11.7. The average Bonchev–Trinajstić information content (AvgIpc) is 3.41. The molecule has 0 radical (unpaired) electrons. The van der Waals surface area contributed by atoms with Gasteiger partial charge in [-0.1, -0.05) is 55.0 Å². The number of hydrogen-bond acceptors (Lipinski definition) is 5. The lowest BCUT2D eigenvalue weighted by molar-refractivity contribution is -0.183. The number of aliphatic hydroxyl groups is 1. The van der Waals surface area contributed by atoms with Crippen LogP contribution in [-0.2, 0) is 14.3 Å². The van der Waals surface area contributed by atoms with Crippen LogP contribution in [0.1, 0.15) is 36.3 Å². The van der Waals surface area contributed by atoms with Crippen molar-refractivity contribution < 1.29 is 29.3 Å². The normalized spacial score (nSPS) is 22.4. The summed E-state index contributed by atoms with van der Waals surface area (Å²) in [7, 11) is 0. The third-order valence-electron chi connectivity index (χ3n) is 7.44. The minimum absolute atomic E-state index is 0.0154. The molecule has 2 atom stereocenters. The molecule has 0 bridgehead atoms. The Morgan fingerprint density at radius 3 is 2.24 bits per heavy atom. The Kier molecular flexibility index (Phi) is 5.77. The largest absolute Gasteiger partial charge is 0.479 e. The average molecular weight is 465 g/mol. The standard InChI is InChI=1S/C26H28N2O6/c29-23(28-14-26(33,15-28)24(30)31)17-11-5-6-16(17)12-27-25(32)34-13-22-20-9-3-1-7-18(20)19-8-2-4-10-21(19)22/h1-4,7-10,16-17,22,33H,5-6,11-15H2,(H,27,32)(H,30,31)/t16-,17-/m1/s1. The Hall–Kier alpha value is -3.39. The van der Waals surface area contributed by atoms with Gasteiger partial charge in [-0.15, -0.1) is 0 Å². The molecular formula is C26H28N2O6. The van der Waals surface area contributed by atoms with Crippen LogP contribution in [0, 0.1) is 11.8 Å². The van der Waals surface area contributed by atoms with Crippen molar-refractivity contribution in [3.63, 3.8) is 0 Å². The van der Waals surface area contributed by atoms with E-state index in [4.69, 9.17) is 9.84 Å². The molecule has 3 N–H and O–H groups in total. The van der Waals surface area contributed by atoms with E-state index in [0.717, 1.165) is 24.0 Å². The number of β-amino-alcohol motifs (C(OH)–C–C–N with tert-alkyl or cyclic N) is 1. The fourth-order valence-electron chi connectivity index (χ4n) is 5.58. The van der Waals surface area contributed by atoms with Crippen LogP contribution in [0.4, 0.5) is 4.79 Å². The first kappa shape index (κ1) is 22.4. The summed E-state index contributed by atoms with van der Waals surface area (Å²) in [6.07, 6.45) is 1.85. The number of carboxylic acid groups (broad SMARTS) is 1. The van der Waals surface area contributed by atoms with Gasteiger partial charge in [-0.2, -0.15) is 0 Å². The van der Waals surface area contributed by atoms with E-state index in [0.29, 0.717) is 13.0 Å². The molecule has 1 aliphatic heterocycles. The second-order valence-corrected chi connectivity index (χ2v) is 9.53. The Balaban J connectivity index is 1.14. The summed E-state index contributed by atoms with van der Waals surface area (Å²) in [5.41, 5.74) is 2.78. The van der Waals surface area contributed by atoms with Gasteiger partial charge in [-0.05, 0) is 41.0 Å². The van der Waals surface area contributed by atoms with Crippen LogP contribution in [0.15, 0.2) is 48.5 Å². The zero-order chi connectivity index (χ0) is 23.9. The molecule has 178 valence electrons. The van der Waals surface area contributed by atoms with Crippen molar-refractivity contribution in [1.29, 1.82) is 0 Å². The molecule has 34 heavy (non-hydrogen) atoms. The highest BCUT2D eigenvalue weighted by atomic mass is 16.5. The predicted octanol–water partition coefficient (Wildman–Crippen LogP) is 2.60. The van der Waals surface area contributed by atoms with Gasteiger partial charge in [0.15, 0.2) is 5.60 Å². The highest BCUT2D eigenvalue weighted by Gasteiger charge is 2.52. The maximum Gasteiger partial charge on any atom is 0.407 e. The Bertz CT molecular complexity index is 1080. The molecule has 1 saturated heterocycles. The number of aliphatic carboxylic acids is 1. The summed E-state index contributed by atoms with van der Waals surface area (Å²) >= 11 is 0. The molecule has 1 saturated carbocycles. The molecule has 2 fully saturated rings. The van der Waals surface area contributed by atoms with Crippen LogP contribution in [-0.4, -0.2) is 64.9 Å². The smallest absolute Gasteiger partial charge is 0.407 e. The van der Waals surface area contributed by atoms with Crippen molar-refractivity contribution in [3.8, 4) is 11.1 Å². The summed E-state index contributed by atoms with van der Waals surface area (Å²) in [6.45, 7) is 0.174. The van der Waals surface area contributed by atoms with Crippen molar-refractivity contribution in [3.05, 3.63) is 59.7 Å². The number of likely N-dealkylation sites (tertiary alicyclic amines) is 1. The lowest BCUT2D eigenvalue weighted by Crippen LogP contribution is -2.68. The number of nitrogens with zero attached hydrogens (tertiary/aromatic N) is 1. The van der Waals surface area contributed by atoms with Crippen LogP contribution in [0.5, 0.6) is 0 Å². The monoisotopic (exact) mass is 464 g/mol. The summed E-state index contributed by atoms with van der Waals surface area (Å²) < 4.78 is 5.58. The van der Waals surface area contributed by atoms with Gasteiger partial charge in [0.25, 0.3) is 0 Å². The zero-order valence-corrected chi connectivity index (χ0v) is 18.8. The van der Waals surface area contributed by atoms with Crippen LogP contribution in [0.2, 0.25) is 0 Å². The van der Waals surface area contributed by atoms with E-state index in [1.165, 1.54) is 16.0 Å². The molecule has 0 unspecified atom stereocenters. The SMILES string of the molecule is O=C(NC[C@H]1CCC[C@H]1C(=O)N1CC(O)(C(=O)O)C1)OCC1c2ccccc2-c2ccccc21. The second-order valence-electron chi connectivity index (χ2n) is 9.53. The van der Waals surface area contributed by atoms with Crippen molar-refractivity contribution in [1.82, 2.24) is 10.2 Å². The third-order valence-corrected chi connectivity index (χ3v) is 7.44. The quantitative estimate of drug-likeness (QED) is 0.605. The third kappa shape index (κ3) is 3.92. The summed E-state index contributed by atoms with van der Waals surface area (Å²) in [5, 5.41) is 21.8. The topological polar surface area (TPSA) is 116 Å². The van der Waals surface area contributed by atoms with Gasteiger partial charge in [0, 0.05) is 18.4 Å². The van der Waals surface area contributed by atoms with Crippen LogP contribution in [0.3, 0.4) is 0 Å². The maximum absolute atomic E-state index is 12.8. The molecule has 3 aliphatic rings. The van der Waals surface area contributed by atoms with Crippen molar-refractivity contribution in [2.45, 2.75) is 30.8 Å². The van der Waals surface area contributed by atoms with Crippen LogP contribution >= 0.6 is 0 Å². The first-order chi connectivity index (χ1) is 16.4. The van der Waals surface area contributed by atoms with Gasteiger partial charge in [0.1, 0.15) is 6.61 Å². The van der Waals surface area contributed by atoms with E-state index in [-0.39, 0.29) is 43.4 Å². The summed E-state index contributed by atoms with van der Waals surface area (Å²) in [5.74, 6) is -1.80. The molecular weight excluding hydrogens is 436 g/mol. The molecule has 8 nitrogen and oxygen atoms in total. The number of benzene rings is 2. The summed E-state index contributed by atoms with van der Waals surface area (Å²) in [4.78, 5) is 37.8. The highest BCUT2D eigenvalue weighted by Crippen LogP contribution is 2.44. The fourth-order valence-corrected chi connectivity index (χ4v) is 5.58. The number of amides is 2. The van der Waals surface area contributed by atoms with E-state index >= 15 is 0 Å². The van der Waals surface area contributed by atoms with E-state index in [9.17, 15) is 19.5 Å². The van der Waals surface area contributed by atoms with Crippen molar-refractivity contribution in [2.24, 2.45) is 11.8 Å². The molecule has 8 heteroatoms. The van der Waals surface area contributed by atoms with Gasteiger partial charge >= 0.3 is 12.1 Å². The maximum atomic E-state index is 12.8. The molecule has 2 aromatic rings. The van der Waals surface area contributed by atoms with E-state index in [1.54, 1.807) is 0 Å². The van der Waals surface area contributed by atoms with Gasteiger partial charge in [0.05, 0.1) is 13.1 Å². The molecule has 2 amide bonds. The van der Waals surface area contributed by atoms with Crippen molar-refractivity contribution in [2.75, 3.05) is 26.2 Å². The molecule has 5 rings (SSSR count). The predicted molar refractivity (Wildman–Crippen MR) is 123 cm³/mol. The molecule has 0 aromatic heterocycles.